The summed E-state index contributed by atoms with van der Waals surface area (Å²) >= 11 is 0. The second-order valence-electron chi connectivity index (χ2n) is 4.44. The van der Waals surface area contributed by atoms with Gasteiger partial charge in [0.05, 0.1) is 17.9 Å². The van der Waals surface area contributed by atoms with Gasteiger partial charge in [-0.25, -0.2) is 4.21 Å². The molecular formula is C15H14O4S. The molecule has 0 fully saturated rings. The second kappa shape index (κ2) is 5.54. The Balaban J connectivity index is 2.47. The number of ether oxygens (including phenoxy) is 1. The van der Waals surface area contributed by atoms with Crippen LogP contribution in [0.4, 0.5) is 0 Å². The first kappa shape index (κ1) is 14.4. The van der Waals surface area contributed by atoms with E-state index in [2.05, 4.69) is 0 Å². The number of hydrogen-bond donors (Lipinski definition) is 0. The maximum Gasteiger partial charge on any atom is 0.237 e. The zero-order chi connectivity index (χ0) is 14.9. The van der Waals surface area contributed by atoms with Gasteiger partial charge in [-0.15, -0.1) is 0 Å². The van der Waals surface area contributed by atoms with Crippen LogP contribution >= 0.6 is 0 Å². The topological polar surface area (TPSA) is 60.4 Å². The molecule has 4 nitrogen and oxygen atoms in total. The van der Waals surface area contributed by atoms with Crippen LogP contribution < -0.4 is 0 Å². The second-order valence-corrected chi connectivity index (χ2v) is 5.86. The van der Waals surface area contributed by atoms with Gasteiger partial charge in [0.1, 0.15) is 4.91 Å². The minimum atomic E-state index is -1.69. The molecule has 1 aliphatic carbocycles. The molecule has 20 heavy (non-hydrogen) atoms. The number of methoxy groups -OCH3 is 1. The summed E-state index contributed by atoms with van der Waals surface area (Å²) in [5, 5.41) is 0. The minimum absolute atomic E-state index is 0.00166. The first-order valence-electron chi connectivity index (χ1n) is 5.99. The molecule has 0 saturated heterocycles. The number of Topliss-reactive ketones (excluding diaryl/α,β-unsaturated/α-hetero) is 1. The van der Waals surface area contributed by atoms with E-state index in [1.54, 1.807) is 12.1 Å². The molecule has 0 spiro atoms. The minimum Gasteiger partial charge on any atom is -0.492 e. The molecule has 104 valence electrons. The molecule has 0 saturated carbocycles. The summed E-state index contributed by atoms with van der Waals surface area (Å²) in [6.45, 7) is 3.42. The van der Waals surface area contributed by atoms with E-state index in [0.29, 0.717) is 4.90 Å². The van der Waals surface area contributed by atoms with Gasteiger partial charge in [-0.05, 0) is 26.0 Å². The standard InChI is InChI=1S/C15H14O4S/c1-9-4-6-11(7-5-9)20(18)15-10(2)12(16)8-13(19-3)14(15)17/h4-8H,1-3H3. The van der Waals surface area contributed by atoms with Gasteiger partial charge in [0, 0.05) is 16.5 Å². The number of ketones is 2. The molecule has 2 rings (SSSR count). The van der Waals surface area contributed by atoms with Gasteiger partial charge in [0.25, 0.3) is 0 Å². The lowest BCUT2D eigenvalue weighted by Crippen LogP contribution is -2.22. The third kappa shape index (κ3) is 2.49. The van der Waals surface area contributed by atoms with Crippen LogP contribution in [0, 0.1) is 6.92 Å². The van der Waals surface area contributed by atoms with E-state index in [1.807, 2.05) is 19.1 Å². The third-order valence-corrected chi connectivity index (χ3v) is 4.61. The normalized spacial score (nSPS) is 17.1. The number of aryl methyl sites for hydroxylation is 1. The molecular weight excluding hydrogens is 276 g/mol. The zero-order valence-corrected chi connectivity index (χ0v) is 12.2. The Labute approximate surface area is 119 Å². The lowest BCUT2D eigenvalue weighted by molar-refractivity contribution is -0.117. The lowest BCUT2D eigenvalue weighted by atomic mass is 10.0. The molecule has 1 aromatic rings. The predicted molar refractivity (Wildman–Crippen MR) is 75.4 cm³/mol. The van der Waals surface area contributed by atoms with Crippen LogP contribution in [-0.4, -0.2) is 22.9 Å². The van der Waals surface area contributed by atoms with Crippen molar-refractivity contribution in [2.45, 2.75) is 18.7 Å². The highest BCUT2D eigenvalue weighted by Crippen LogP contribution is 2.26. The highest BCUT2D eigenvalue weighted by atomic mass is 32.2. The summed E-state index contributed by atoms with van der Waals surface area (Å²) < 4.78 is 17.4. The van der Waals surface area contributed by atoms with Crippen LogP contribution in [0.2, 0.25) is 0 Å². The monoisotopic (exact) mass is 290 g/mol. The molecule has 1 aliphatic rings. The Morgan fingerprint density at radius 3 is 2.20 bits per heavy atom. The first-order chi connectivity index (χ1) is 9.45. The van der Waals surface area contributed by atoms with E-state index in [4.69, 9.17) is 4.74 Å². The largest absolute Gasteiger partial charge is 0.492 e. The number of carbonyl (C=O) groups excluding carboxylic acids is 2. The van der Waals surface area contributed by atoms with E-state index in [0.717, 1.165) is 11.6 Å². The van der Waals surface area contributed by atoms with Crippen molar-refractivity contribution in [2.75, 3.05) is 7.11 Å². The number of carbonyl (C=O) groups is 2. The summed E-state index contributed by atoms with van der Waals surface area (Å²) in [6, 6.07) is 7.00. The van der Waals surface area contributed by atoms with Crippen molar-refractivity contribution >= 4 is 22.4 Å². The summed E-state index contributed by atoms with van der Waals surface area (Å²) in [6.07, 6.45) is 1.13. The van der Waals surface area contributed by atoms with E-state index in [-0.39, 0.29) is 22.0 Å². The fourth-order valence-corrected chi connectivity index (χ4v) is 3.11. The quantitative estimate of drug-likeness (QED) is 0.799. The van der Waals surface area contributed by atoms with Crippen molar-refractivity contribution in [3.8, 4) is 0 Å². The zero-order valence-electron chi connectivity index (χ0n) is 11.4. The van der Waals surface area contributed by atoms with E-state index >= 15 is 0 Å². The number of rotatable bonds is 3. The van der Waals surface area contributed by atoms with Crippen molar-refractivity contribution in [3.05, 3.63) is 52.1 Å². The summed E-state index contributed by atoms with van der Waals surface area (Å²) in [5.74, 6) is -0.920. The van der Waals surface area contributed by atoms with Crippen molar-refractivity contribution in [1.29, 1.82) is 0 Å². The SMILES string of the molecule is COC1=CC(=O)C(C)=C(S(=O)c2ccc(C)cc2)C1=O. The summed E-state index contributed by atoms with van der Waals surface area (Å²) in [5.41, 5.74) is 1.23. The third-order valence-electron chi connectivity index (χ3n) is 3.04. The van der Waals surface area contributed by atoms with Crippen molar-refractivity contribution in [2.24, 2.45) is 0 Å². The van der Waals surface area contributed by atoms with E-state index in [9.17, 15) is 13.8 Å². The lowest BCUT2D eigenvalue weighted by Gasteiger charge is -2.15. The molecule has 1 unspecified atom stereocenters. The summed E-state index contributed by atoms with van der Waals surface area (Å²) in [7, 11) is -0.383. The average Bonchev–Trinajstić information content (AvgIpc) is 2.43. The van der Waals surface area contributed by atoms with Crippen LogP contribution in [0.5, 0.6) is 0 Å². The van der Waals surface area contributed by atoms with Gasteiger partial charge in [-0.1, -0.05) is 17.7 Å². The molecule has 5 heteroatoms. The van der Waals surface area contributed by atoms with Crippen LogP contribution in [0.3, 0.4) is 0 Å². The molecule has 1 atom stereocenters. The Kier molecular flexibility index (Phi) is 3.99. The fourth-order valence-electron chi connectivity index (χ4n) is 1.84. The molecule has 0 bridgehead atoms. The Morgan fingerprint density at radius 1 is 1.05 bits per heavy atom. The predicted octanol–water partition coefficient (Wildman–Crippen LogP) is 2.06. The maximum atomic E-state index is 12.5. The van der Waals surface area contributed by atoms with E-state index in [1.165, 1.54) is 14.0 Å². The van der Waals surface area contributed by atoms with Crippen molar-refractivity contribution < 1.29 is 18.5 Å². The van der Waals surface area contributed by atoms with Crippen LogP contribution in [0.25, 0.3) is 0 Å². The fraction of sp³-hybridized carbons (Fsp3) is 0.200. The Hall–Kier alpha value is -2.01. The van der Waals surface area contributed by atoms with Gasteiger partial charge >= 0.3 is 0 Å². The van der Waals surface area contributed by atoms with Gasteiger partial charge in [-0.2, -0.15) is 0 Å². The smallest absolute Gasteiger partial charge is 0.237 e. The summed E-state index contributed by atoms with van der Waals surface area (Å²) in [4.78, 5) is 24.5. The van der Waals surface area contributed by atoms with Gasteiger partial charge in [-0.3, -0.25) is 9.59 Å². The molecule has 0 aromatic heterocycles. The molecule has 0 radical (unpaired) electrons. The molecule has 0 N–H and O–H groups in total. The van der Waals surface area contributed by atoms with Gasteiger partial charge in [0.2, 0.25) is 5.78 Å². The van der Waals surface area contributed by atoms with Crippen molar-refractivity contribution in [3.63, 3.8) is 0 Å². The molecule has 0 aliphatic heterocycles. The van der Waals surface area contributed by atoms with Crippen molar-refractivity contribution in [1.82, 2.24) is 0 Å². The van der Waals surface area contributed by atoms with Crippen LogP contribution in [0.1, 0.15) is 12.5 Å². The van der Waals surface area contributed by atoms with Crippen LogP contribution in [-0.2, 0) is 25.1 Å². The number of hydrogen-bond acceptors (Lipinski definition) is 4. The van der Waals surface area contributed by atoms with Gasteiger partial charge in [0.15, 0.2) is 11.5 Å². The molecule has 0 heterocycles. The van der Waals surface area contributed by atoms with Crippen LogP contribution in [0.15, 0.2) is 51.5 Å². The Morgan fingerprint density at radius 2 is 1.65 bits per heavy atom. The van der Waals surface area contributed by atoms with Gasteiger partial charge < -0.3 is 4.74 Å². The molecule has 0 amide bonds. The average molecular weight is 290 g/mol. The Bertz CT molecular complexity index is 666. The maximum absolute atomic E-state index is 12.5. The molecule has 1 aromatic carbocycles. The number of allylic oxidation sites excluding steroid dienone is 3. The number of benzene rings is 1. The highest BCUT2D eigenvalue weighted by Gasteiger charge is 2.31. The first-order valence-corrected chi connectivity index (χ1v) is 7.14. The van der Waals surface area contributed by atoms with E-state index < -0.39 is 16.6 Å². The highest BCUT2D eigenvalue weighted by molar-refractivity contribution is 7.90.